The highest BCUT2D eigenvalue weighted by molar-refractivity contribution is 5.77. The number of aliphatic hydroxyl groups is 1. The zero-order valence-corrected chi connectivity index (χ0v) is 13.9. The van der Waals surface area contributed by atoms with Crippen LogP contribution in [-0.2, 0) is 0 Å². The van der Waals surface area contributed by atoms with Gasteiger partial charge in [0, 0.05) is 25.0 Å². The lowest BCUT2D eigenvalue weighted by Gasteiger charge is -2.37. The number of halogens is 2. The molecule has 2 aromatic carbocycles. The zero-order chi connectivity index (χ0) is 17.5. The number of hydrogen-bond acceptors (Lipinski definition) is 2. The summed E-state index contributed by atoms with van der Waals surface area (Å²) in [6.07, 6.45) is 0.185. The van der Waals surface area contributed by atoms with Gasteiger partial charge in [-0.3, -0.25) is 0 Å². The number of hydrogen-bond donors (Lipinski definition) is 2. The molecule has 0 saturated heterocycles. The first-order valence-electron chi connectivity index (χ1n) is 8.70. The Kier molecular flexibility index (Phi) is 3.88. The first-order chi connectivity index (χ1) is 12.0. The molecule has 0 atom stereocenters. The minimum atomic E-state index is -2.61. The Morgan fingerprint density at radius 2 is 1.44 bits per heavy atom. The highest BCUT2D eigenvalue weighted by Crippen LogP contribution is 2.45. The molecule has 0 amide bonds. The second-order valence-electron chi connectivity index (χ2n) is 7.07. The van der Waals surface area contributed by atoms with E-state index < -0.39 is 11.5 Å². The van der Waals surface area contributed by atoms with Crippen LogP contribution in [0.1, 0.15) is 31.2 Å². The summed E-state index contributed by atoms with van der Waals surface area (Å²) in [4.78, 5) is 0. The van der Waals surface area contributed by atoms with Crippen LogP contribution in [0.25, 0.3) is 16.7 Å². The summed E-state index contributed by atoms with van der Waals surface area (Å²) in [6, 6.07) is 18.1. The highest BCUT2D eigenvalue weighted by atomic mass is 19.3. The average Bonchev–Trinajstić information content (AvgIpc) is 2.95. The quantitative estimate of drug-likeness (QED) is 0.789. The molecule has 0 aromatic heterocycles. The molecular formula is C21H21F2NO. The maximum Gasteiger partial charge on any atom is 0.248 e. The normalized spacial score (nSPS) is 21.7. The summed E-state index contributed by atoms with van der Waals surface area (Å²) in [5, 5.41) is 14.1. The Balaban J connectivity index is 1.66. The maximum atomic E-state index is 13.5. The van der Waals surface area contributed by atoms with Crippen molar-refractivity contribution in [2.45, 2.75) is 37.1 Å². The molecule has 1 heterocycles. The van der Waals surface area contributed by atoms with Gasteiger partial charge in [-0.15, -0.1) is 0 Å². The van der Waals surface area contributed by atoms with E-state index in [4.69, 9.17) is 0 Å². The van der Waals surface area contributed by atoms with Gasteiger partial charge in [0.1, 0.15) is 5.76 Å². The van der Waals surface area contributed by atoms with Gasteiger partial charge in [0.25, 0.3) is 0 Å². The fourth-order valence-electron chi connectivity index (χ4n) is 3.93. The first kappa shape index (κ1) is 16.3. The standard InChI is InChI=1S/C21H21F2NO/c22-21(23)11-9-20(10-12-21)19(25)18(14-24-20)17-8-4-7-16(13-17)15-5-2-1-3-6-15/h1-8,13,24-25H,9-12,14H2. The van der Waals surface area contributed by atoms with Gasteiger partial charge < -0.3 is 10.4 Å². The molecule has 1 fully saturated rings. The van der Waals surface area contributed by atoms with Crippen molar-refractivity contribution in [2.75, 3.05) is 6.54 Å². The number of rotatable bonds is 2. The molecule has 1 saturated carbocycles. The fraction of sp³-hybridized carbons (Fsp3) is 0.333. The number of aliphatic hydroxyl groups excluding tert-OH is 1. The van der Waals surface area contributed by atoms with Crippen LogP contribution in [0.4, 0.5) is 8.78 Å². The molecule has 0 radical (unpaired) electrons. The topological polar surface area (TPSA) is 32.3 Å². The molecule has 0 bridgehead atoms. The van der Waals surface area contributed by atoms with Crippen LogP contribution in [-0.4, -0.2) is 23.1 Å². The van der Waals surface area contributed by atoms with E-state index in [1.54, 1.807) is 0 Å². The second-order valence-corrected chi connectivity index (χ2v) is 7.07. The molecule has 0 unspecified atom stereocenters. The van der Waals surface area contributed by atoms with Gasteiger partial charge in [0.15, 0.2) is 0 Å². The van der Waals surface area contributed by atoms with Gasteiger partial charge in [-0.1, -0.05) is 48.5 Å². The van der Waals surface area contributed by atoms with Crippen molar-refractivity contribution in [3.8, 4) is 11.1 Å². The van der Waals surface area contributed by atoms with Crippen molar-refractivity contribution < 1.29 is 13.9 Å². The molecule has 1 aliphatic carbocycles. The summed E-state index contributed by atoms with van der Waals surface area (Å²) < 4.78 is 27.0. The molecule has 4 heteroatoms. The van der Waals surface area contributed by atoms with Gasteiger partial charge in [0.2, 0.25) is 5.92 Å². The molecular weight excluding hydrogens is 320 g/mol. The Morgan fingerprint density at radius 3 is 2.16 bits per heavy atom. The molecule has 2 N–H and O–H groups in total. The lowest BCUT2D eigenvalue weighted by Crippen LogP contribution is -2.48. The van der Waals surface area contributed by atoms with Crippen LogP contribution in [0.3, 0.4) is 0 Å². The number of nitrogens with one attached hydrogen (secondary N) is 1. The van der Waals surface area contributed by atoms with Crippen LogP contribution in [0.2, 0.25) is 0 Å². The molecule has 25 heavy (non-hydrogen) atoms. The fourth-order valence-corrected chi connectivity index (χ4v) is 3.93. The third-order valence-corrected chi connectivity index (χ3v) is 5.50. The van der Waals surface area contributed by atoms with Crippen LogP contribution in [0, 0.1) is 0 Å². The van der Waals surface area contributed by atoms with Crippen LogP contribution in [0.5, 0.6) is 0 Å². The third-order valence-electron chi connectivity index (χ3n) is 5.50. The van der Waals surface area contributed by atoms with Gasteiger partial charge in [0.05, 0.1) is 5.54 Å². The second kappa shape index (κ2) is 5.95. The van der Waals surface area contributed by atoms with Crippen LogP contribution >= 0.6 is 0 Å². The van der Waals surface area contributed by atoms with Gasteiger partial charge in [-0.25, -0.2) is 8.78 Å². The predicted octanol–water partition coefficient (Wildman–Crippen LogP) is 5.17. The van der Waals surface area contributed by atoms with E-state index >= 15 is 0 Å². The maximum absolute atomic E-state index is 13.5. The molecule has 130 valence electrons. The van der Waals surface area contributed by atoms with E-state index in [2.05, 4.69) is 11.4 Å². The summed E-state index contributed by atoms with van der Waals surface area (Å²) in [6.45, 7) is 0.510. The minimum absolute atomic E-state index is 0.179. The summed E-state index contributed by atoms with van der Waals surface area (Å²) in [5.41, 5.74) is 3.28. The molecule has 2 nitrogen and oxygen atoms in total. The highest BCUT2D eigenvalue weighted by Gasteiger charge is 2.48. The van der Waals surface area contributed by atoms with Gasteiger partial charge in [-0.2, -0.15) is 0 Å². The van der Waals surface area contributed by atoms with Crippen LogP contribution in [0.15, 0.2) is 60.4 Å². The summed E-state index contributed by atoms with van der Waals surface area (Å²) in [5.74, 6) is -2.36. The Hall–Kier alpha value is -2.20. The van der Waals surface area contributed by atoms with Gasteiger partial charge >= 0.3 is 0 Å². The molecule has 2 aliphatic rings. The molecule has 1 spiro atoms. The molecule has 2 aromatic rings. The lowest BCUT2D eigenvalue weighted by atomic mass is 9.79. The van der Waals surface area contributed by atoms with Crippen molar-refractivity contribution in [3.63, 3.8) is 0 Å². The SMILES string of the molecule is OC1=C(c2cccc(-c3ccccc3)c2)CNC12CCC(F)(F)CC2. The monoisotopic (exact) mass is 341 g/mol. The lowest BCUT2D eigenvalue weighted by molar-refractivity contribution is -0.0532. The van der Waals surface area contributed by atoms with Gasteiger partial charge in [-0.05, 0) is 35.6 Å². The Labute approximate surface area is 146 Å². The van der Waals surface area contributed by atoms with Crippen molar-refractivity contribution in [1.29, 1.82) is 0 Å². The van der Waals surface area contributed by atoms with E-state index in [0.29, 0.717) is 6.54 Å². The zero-order valence-electron chi connectivity index (χ0n) is 13.9. The smallest absolute Gasteiger partial charge is 0.248 e. The Bertz CT molecular complexity index is 804. The van der Waals surface area contributed by atoms with E-state index in [1.165, 1.54) is 0 Å². The third kappa shape index (κ3) is 2.95. The molecule has 1 aliphatic heterocycles. The van der Waals surface area contributed by atoms with E-state index in [9.17, 15) is 13.9 Å². The van der Waals surface area contributed by atoms with E-state index in [1.807, 2.05) is 48.5 Å². The first-order valence-corrected chi connectivity index (χ1v) is 8.70. The van der Waals surface area contributed by atoms with Crippen molar-refractivity contribution in [3.05, 3.63) is 65.9 Å². The van der Waals surface area contributed by atoms with E-state index in [-0.39, 0.29) is 31.4 Å². The number of benzene rings is 2. The largest absolute Gasteiger partial charge is 0.510 e. The summed E-state index contributed by atoms with van der Waals surface area (Å²) in [7, 11) is 0. The minimum Gasteiger partial charge on any atom is -0.510 e. The number of alkyl halides is 2. The summed E-state index contributed by atoms with van der Waals surface area (Å²) >= 11 is 0. The van der Waals surface area contributed by atoms with Crippen molar-refractivity contribution in [2.24, 2.45) is 0 Å². The Morgan fingerprint density at radius 1 is 0.800 bits per heavy atom. The van der Waals surface area contributed by atoms with Crippen LogP contribution < -0.4 is 5.32 Å². The van der Waals surface area contributed by atoms with Crippen molar-refractivity contribution in [1.82, 2.24) is 5.32 Å². The predicted molar refractivity (Wildman–Crippen MR) is 95.6 cm³/mol. The van der Waals surface area contributed by atoms with Crippen molar-refractivity contribution >= 4 is 5.57 Å². The average molecular weight is 341 g/mol. The molecule has 4 rings (SSSR count). The van der Waals surface area contributed by atoms with E-state index in [0.717, 1.165) is 22.3 Å².